The van der Waals surface area contributed by atoms with Gasteiger partial charge in [-0.15, -0.1) is 0 Å². The van der Waals surface area contributed by atoms with Gasteiger partial charge >= 0.3 is 6.18 Å². The molecular weight excluding hydrogens is 469 g/mol. The first-order chi connectivity index (χ1) is 14.8. The van der Waals surface area contributed by atoms with Gasteiger partial charge in [0.2, 0.25) is 10.0 Å². The number of phenolic OH excluding ortho intramolecular Hbond substituents is 1. The maximum atomic E-state index is 12.8. The van der Waals surface area contributed by atoms with Crippen LogP contribution in [-0.4, -0.2) is 25.7 Å². The molecule has 3 rings (SSSR count). The minimum atomic E-state index is -4.50. The van der Waals surface area contributed by atoms with Gasteiger partial charge in [-0.05, 0) is 48.0 Å². The molecular formula is C21H16ClF3N2O4S. The zero-order valence-electron chi connectivity index (χ0n) is 16.4. The standard InChI is InChI=1S/C21H16ClF3N2O4S/c1-32(30,31)27-18-11-15(7-9-19(18)28)26-20(29)13-4-2-12(3-5-13)16-8-6-14(10-17(16)22)21(23,24)25/h2-11,27-28H,1H3,(H,26,29). The lowest BCUT2D eigenvalue weighted by Gasteiger charge is -2.12. The van der Waals surface area contributed by atoms with Gasteiger partial charge in [-0.3, -0.25) is 9.52 Å². The molecule has 0 radical (unpaired) electrons. The molecule has 3 N–H and O–H groups in total. The van der Waals surface area contributed by atoms with Gasteiger partial charge in [-0.2, -0.15) is 13.2 Å². The van der Waals surface area contributed by atoms with Crippen molar-refractivity contribution in [3.8, 4) is 16.9 Å². The number of halogens is 4. The van der Waals surface area contributed by atoms with Gasteiger partial charge in [-0.25, -0.2) is 8.42 Å². The molecule has 1 amide bonds. The molecule has 3 aromatic carbocycles. The van der Waals surface area contributed by atoms with Crippen LogP contribution in [0.2, 0.25) is 5.02 Å². The number of carbonyl (C=O) groups excluding carboxylic acids is 1. The lowest BCUT2D eigenvalue weighted by Crippen LogP contribution is -2.13. The van der Waals surface area contributed by atoms with Crippen LogP contribution in [0.3, 0.4) is 0 Å². The number of benzene rings is 3. The third-order valence-corrected chi connectivity index (χ3v) is 5.21. The van der Waals surface area contributed by atoms with Gasteiger partial charge in [-0.1, -0.05) is 29.8 Å². The number of amides is 1. The van der Waals surface area contributed by atoms with E-state index in [-0.39, 0.29) is 27.7 Å². The van der Waals surface area contributed by atoms with Crippen molar-refractivity contribution in [1.82, 2.24) is 0 Å². The molecule has 6 nitrogen and oxygen atoms in total. The number of phenols is 1. The highest BCUT2D eigenvalue weighted by Crippen LogP contribution is 2.35. The van der Waals surface area contributed by atoms with Crippen molar-refractivity contribution >= 4 is 38.9 Å². The number of hydrogen-bond acceptors (Lipinski definition) is 4. The molecule has 0 bridgehead atoms. The minimum absolute atomic E-state index is 0.0768. The molecule has 0 aromatic heterocycles. The number of hydrogen-bond donors (Lipinski definition) is 3. The quantitative estimate of drug-likeness (QED) is 0.336. The zero-order chi connectivity index (χ0) is 23.7. The van der Waals surface area contributed by atoms with Crippen molar-refractivity contribution in [3.05, 3.63) is 76.8 Å². The van der Waals surface area contributed by atoms with Crippen LogP contribution in [-0.2, 0) is 16.2 Å². The van der Waals surface area contributed by atoms with Crippen LogP contribution >= 0.6 is 11.6 Å². The van der Waals surface area contributed by atoms with Crippen LogP contribution in [0, 0.1) is 0 Å². The van der Waals surface area contributed by atoms with Crippen molar-refractivity contribution in [2.24, 2.45) is 0 Å². The van der Waals surface area contributed by atoms with Crippen LogP contribution in [0.25, 0.3) is 11.1 Å². The Hall–Kier alpha value is -3.24. The summed E-state index contributed by atoms with van der Waals surface area (Å²) in [4.78, 5) is 12.5. The van der Waals surface area contributed by atoms with E-state index in [1.807, 2.05) is 0 Å². The number of aromatic hydroxyl groups is 1. The topological polar surface area (TPSA) is 95.5 Å². The van der Waals surface area contributed by atoms with Gasteiger partial charge in [0.25, 0.3) is 5.91 Å². The van der Waals surface area contributed by atoms with E-state index in [9.17, 15) is 31.5 Å². The van der Waals surface area contributed by atoms with Gasteiger partial charge in [0.05, 0.1) is 17.5 Å². The second kappa shape index (κ2) is 8.71. The Labute approximate surface area is 186 Å². The van der Waals surface area contributed by atoms with E-state index in [1.54, 1.807) is 0 Å². The Kier molecular flexibility index (Phi) is 6.38. The third-order valence-electron chi connectivity index (χ3n) is 4.30. The smallest absolute Gasteiger partial charge is 0.416 e. The lowest BCUT2D eigenvalue weighted by molar-refractivity contribution is -0.137. The van der Waals surface area contributed by atoms with Crippen molar-refractivity contribution in [2.45, 2.75) is 6.18 Å². The molecule has 0 saturated carbocycles. The summed E-state index contributed by atoms with van der Waals surface area (Å²) in [5, 5.41) is 12.3. The minimum Gasteiger partial charge on any atom is -0.506 e. The summed E-state index contributed by atoms with van der Waals surface area (Å²) in [7, 11) is -3.64. The van der Waals surface area contributed by atoms with E-state index >= 15 is 0 Å². The van der Waals surface area contributed by atoms with Crippen LogP contribution in [0.1, 0.15) is 15.9 Å². The van der Waals surface area contributed by atoms with Crippen LogP contribution in [0.4, 0.5) is 24.5 Å². The molecule has 0 heterocycles. The summed E-state index contributed by atoms with van der Waals surface area (Å²) >= 11 is 6.00. The molecule has 3 aromatic rings. The first-order valence-corrected chi connectivity index (χ1v) is 11.2. The molecule has 11 heteroatoms. The number of anilines is 2. The number of alkyl halides is 3. The van der Waals surface area contributed by atoms with Crippen molar-refractivity contribution in [3.63, 3.8) is 0 Å². The summed E-state index contributed by atoms with van der Waals surface area (Å²) in [5.74, 6) is -0.836. The zero-order valence-corrected chi connectivity index (χ0v) is 17.9. The summed E-state index contributed by atoms with van der Waals surface area (Å²) in [6, 6.07) is 12.9. The molecule has 0 unspecified atom stereocenters. The van der Waals surface area contributed by atoms with Crippen LogP contribution in [0.5, 0.6) is 5.75 Å². The third kappa shape index (κ3) is 5.71. The van der Waals surface area contributed by atoms with E-state index in [1.165, 1.54) is 48.5 Å². The molecule has 168 valence electrons. The summed E-state index contributed by atoms with van der Waals surface area (Å²) in [5.41, 5.74) is 0.404. The number of sulfonamides is 1. The van der Waals surface area contributed by atoms with E-state index in [4.69, 9.17) is 11.6 Å². The van der Waals surface area contributed by atoms with Crippen LogP contribution in [0.15, 0.2) is 60.7 Å². The van der Waals surface area contributed by atoms with Gasteiger partial charge in [0.1, 0.15) is 5.75 Å². The maximum Gasteiger partial charge on any atom is 0.416 e. The fourth-order valence-electron chi connectivity index (χ4n) is 2.83. The Balaban J connectivity index is 1.78. The normalized spacial score (nSPS) is 11.8. The first-order valence-electron chi connectivity index (χ1n) is 8.93. The average molecular weight is 485 g/mol. The highest BCUT2D eigenvalue weighted by atomic mass is 35.5. The predicted molar refractivity (Wildman–Crippen MR) is 116 cm³/mol. The predicted octanol–water partition coefficient (Wildman–Crippen LogP) is 5.36. The van der Waals surface area contributed by atoms with Gasteiger partial charge in [0, 0.05) is 21.8 Å². The Morgan fingerprint density at radius 2 is 1.66 bits per heavy atom. The fraction of sp³-hybridized carbons (Fsp3) is 0.0952. The summed E-state index contributed by atoms with van der Waals surface area (Å²) in [6.07, 6.45) is -3.59. The first kappa shape index (κ1) is 23.4. The molecule has 0 aliphatic carbocycles. The van der Waals surface area contributed by atoms with E-state index in [0.29, 0.717) is 11.1 Å². The Morgan fingerprint density at radius 1 is 1.00 bits per heavy atom. The number of carbonyl (C=O) groups is 1. The highest BCUT2D eigenvalue weighted by Gasteiger charge is 2.31. The number of nitrogens with one attached hydrogen (secondary N) is 2. The Bertz CT molecular complexity index is 1280. The maximum absolute atomic E-state index is 12.8. The Morgan fingerprint density at radius 3 is 2.22 bits per heavy atom. The van der Waals surface area contributed by atoms with Crippen molar-refractivity contribution in [2.75, 3.05) is 16.3 Å². The molecule has 0 aliphatic rings. The summed E-state index contributed by atoms with van der Waals surface area (Å²) in [6.45, 7) is 0. The second-order valence-electron chi connectivity index (χ2n) is 6.83. The fourth-order valence-corrected chi connectivity index (χ4v) is 3.68. The highest BCUT2D eigenvalue weighted by molar-refractivity contribution is 7.92. The number of rotatable bonds is 5. The molecule has 0 atom stereocenters. The van der Waals surface area contributed by atoms with Crippen LogP contribution < -0.4 is 10.0 Å². The molecule has 0 aliphatic heterocycles. The second-order valence-corrected chi connectivity index (χ2v) is 8.99. The van der Waals surface area contributed by atoms with Gasteiger partial charge < -0.3 is 10.4 Å². The monoisotopic (exact) mass is 484 g/mol. The molecule has 0 spiro atoms. The molecule has 32 heavy (non-hydrogen) atoms. The molecule has 0 saturated heterocycles. The largest absolute Gasteiger partial charge is 0.506 e. The van der Waals surface area contributed by atoms with E-state index in [2.05, 4.69) is 10.0 Å². The average Bonchev–Trinajstić information content (AvgIpc) is 2.69. The van der Waals surface area contributed by atoms with Gasteiger partial charge in [0.15, 0.2) is 0 Å². The summed E-state index contributed by atoms with van der Waals surface area (Å²) < 4.78 is 63.3. The lowest BCUT2D eigenvalue weighted by atomic mass is 10.0. The van der Waals surface area contributed by atoms with Crippen molar-refractivity contribution < 1.29 is 31.5 Å². The SMILES string of the molecule is CS(=O)(=O)Nc1cc(NC(=O)c2ccc(-c3ccc(C(F)(F)F)cc3Cl)cc2)ccc1O. The van der Waals surface area contributed by atoms with Crippen molar-refractivity contribution in [1.29, 1.82) is 0 Å². The molecule has 0 fully saturated rings. The van der Waals surface area contributed by atoms with E-state index < -0.39 is 27.7 Å². The van der Waals surface area contributed by atoms with E-state index in [0.717, 1.165) is 18.4 Å².